The highest BCUT2D eigenvalue weighted by molar-refractivity contribution is 9.10. The van der Waals surface area contributed by atoms with Crippen molar-refractivity contribution in [1.82, 2.24) is 9.66 Å². The van der Waals surface area contributed by atoms with Gasteiger partial charge in [0.05, 0.1) is 35.9 Å². The van der Waals surface area contributed by atoms with Gasteiger partial charge >= 0.3 is 5.97 Å². The van der Waals surface area contributed by atoms with Crippen molar-refractivity contribution >= 4 is 50.6 Å². The molecule has 34 heavy (non-hydrogen) atoms. The molecular weight excluding hydrogens is 526 g/mol. The Morgan fingerprint density at radius 2 is 2.00 bits per heavy atom. The number of hydrogen-bond donors (Lipinski definition) is 0. The molecule has 0 N–H and O–H groups in total. The number of aromatic nitrogens is 2. The summed E-state index contributed by atoms with van der Waals surface area (Å²) in [7, 11) is 1.46. The number of rotatable bonds is 8. The number of hydrogen-bond acceptors (Lipinski definition) is 7. The van der Waals surface area contributed by atoms with Crippen molar-refractivity contribution in [3.63, 3.8) is 0 Å². The molecule has 0 bridgehead atoms. The van der Waals surface area contributed by atoms with E-state index in [9.17, 15) is 9.59 Å². The normalized spacial score (nSPS) is 12.4. The van der Waals surface area contributed by atoms with Crippen molar-refractivity contribution in [2.75, 3.05) is 13.7 Å². The summed E-state index contributed by atoms with van der Waals surface area (Å²) in [4.78, 5) is 29.7. The minimum atomic E-state index is -0.874. The van der Waals surface area contributed by atoms with E-state index in [2.05, 4.69) is 26.0 Å². The van der Waals surface area contributed by atoms with Crippen molar-refractivity contribution in [3.05, 3.63) is 61.6 Å². The van der Waals surface area contributed by atoms with Gasteiger partial charge in [0.1, 0.15) is 5.82 Å². The number of fused-ring (bicyclic) bond motifs is 1. The fourth-order valence-electron chi connectivity index (χ4n) is 3.19. The van der Waals surface area contributed by atoms with E-state index in [0.29, 0.717) is 28.0 Å². The Kier molecular flexibility index (Phi) is 8.33. The topological polar surface area (TPSA) is 92.0 Å². The third-order valence-electron chi connectivity index (χ3n) is 4.84. The zero-order valence-corrected chi connectivity index (χ0v) is 21.8. The first-order valence-electron chi connectivity index (χ1n) is 10.6. The maximum Gasteiger partial charge on any atom is 0.347 e. The molecule has 10 heteroatoms. The van der Waals surface area contributed by atoms with Crippen LogP contribution in [0.3, 0.4) is 0 Å². The van der Waals surface area contributed by atoms with Crippen LogP contribution in [-0.4, -0.2) is 41.7 Å². The molecule has 0 saturated carbocycles. The van der Waals surface area contributed by atoms with E-state index in [4.69, 9.17) is 25.8 Å². The maximum absolute atomic E-state index is 13.2. The Morgan fingerprint density at radius 3 is 2.65 bits per heavy atom. The Labute approximate surface area is 210 Å². The molecule has 1 atom stereocenters. The smallest absolute Gasteiger partial charge is 0.347 e. The quantitative estimate of drug-likeness (QED) is 0.284. The lowest BCUT2D eigenvalue weighted by Crippen LogP contribution is -2.26. The number of nitrogens with zero attached hydrogens (tertiary/aromatic N) is 3. The second-order valence-electron chi connectivity index (χ2n) is 7.69. The monoisotopic (exact) mass is 549 g/mol. The van der Waals surface area contributed by atoms with Crippen molar-refractivity contribution < 1.29 is 19.0 Å². The second-order valence-corrected chi connectivity index (χ2v) is 9.02. The van der Waals surface area contributed by atoms with Gasteiger partial charge in [0.15, 0.2) is 17.6 Å². The molecule has 0 amide bonds. The van der Waals surface area contributed by atoms with Crippen LogP contribution in [0.5, 0.6) is 11.5 Å². The van der Waals surface area contributed by atoms with Gasteiger partial charge in [0.25, 0.3) is 5.56 Å². The van der Waals surface area contributed by atoms with Crippen LogP contribution in [0.15, 0.2) is 44.7 Å². The fourth-order valence-corrected chi connectivity index (χ4v) is 3.81. The highest BCUT2D eigenvalue weighted by Crippen LogP contribution is 2.37. The number of carbonyl (C=O) groups is 1. The molecule has 180 valence electrons. The molecule has 2 aromatic carbocycles. The Morgan fingerprint density at radius 1 is 1.26 bits per heavy atom. The van der Waals surface area contributed by atoms with Crippen LogP contribution in [0.1, 0.15) is 45.0 Å². The zero-order valence-electron chi connectivity index (χ0n) is 19.5. The van der Waals surface area contributed by atoms with Gasteiger partial charge in [-0.25, -0.2) is 9.78 Å². The summed E-state index contributed by atoms with van der Waals surface area (Å²) >= 11 is 9.82. The van der Waals surface area contributed by atoms with Crippen molar-refractivity contribution in [1.29, 1.82) is 0 Å². The van der Waals surface area contributed by atoms with Gasteiger partial charge in [0, 0.05) is 10.4 Å². The number of carbonyl (C=O) groups excluding carboxylic acids is 1. The lowest BCUT2D eigenvalue weighted by molar-refractivity contribution is -0.150. The van der Waals surface area contributed by atoms with Gasteiger partial charge in [-0.3, -0.25) is 4.79 Å². The van der Waals surface area contributed by atoms with Crippen LogP contribution in [-0.2, 0) is 9.53 Å². The summed E-state index contributed by atoms with van der Waals surface area (Å²) in [5.41, 5.74) is 0.881. The van der Waals surface area contributed by atoms with Crippen molar-refractivity contribution in [2.24, 2.45) is 5.10 Å². The fraction of sp³-hybridized carbons (Fsp3) is 0.333. The van der Waals surface area contributed by atoms with Crippen LogP contribution in [0.2, 0.25) is 5.02 Å². The Balaban J connectivity index is 2.02. The third kappa shape index (κ3) is 5.59. The third-order valence-corrected chi connectivity index (χ3v) is 5.61. The zero-order chi connectivity index (χ0) is 25.0. The molecule has 0 radical (unpaired) electrons. The highest BCUT2D eigenvalue weighted by atomic mass is 79.9. The van der Waals surface area contributed by atoms with Crippen molar-refractivity contribution in [3.8, 4) is 11.5 Å². The minimum absolute atomic E-state index is 0.0452. The first-order valence-corrected chi connectivity index (χ1v) is 11.8. The van der Waals surface area contributed by atoms with E-state index in [1.807, 2.05) is 19.9 Å². The summed E-state index contributed by atoms with van der Waals surface area (Å²) in [6, 6.07) is 8.60. The van der Waals surface area contributed by atoms with Crippen LogP contribution in [0.4, 0.5) is 0 Å². The number of halogens is 2. The average molecular weight is 551 g/mol. The molecule has 8 nitrogen and oxygen atoms in total. The molecule has 0 unspecified atom stereocenters. The largest absolute Gasteiger partial charge is 0.493 e. The van der Waals surface area contributed by atoms with Crippen molar-refractivity contribution in [2.45, 2.75) is 39.7 Å². The van der Waals surface area contributed by atoms with Gasteiger partial charge in [-0.15, -0.1) is 0 Å². The van der Waals surface area contributed by atoms with Gasteiger partial charge in [0.2, 0.25) is 0 Å². The first kappa shape index (κ1) is 25.7. The summed E-state index contributed by atoms with van der Waals surface area (Å²) in [5, 5.41) is 5.07. The van der Waals surface area contributed by atoms with Gasteiger partial charge in [-0.1, -0.05) is 41.4 Å². The molecule has 0 aliphatic carbocycles. The maximum atomic E-state index is 13.2. The first-order chi connectivity index (χ1) is 16.2. The van der Waals surface area contributed by atoms with E-state index >= 15 is 0 Å². The average Bonchev–Trinajstić information content (AvgIpc) is 2.79. The van der Waals surface area contributed by atoms with Crippen LogP contribution < -0.4 is 15.0 Å². The molecule has 0 fully saturated rings. The molecule has 3 aromatic rings. The molecule has 0 spiro atoms. The highest BCUT2D eigenvalue weighted by Gasteiger charge is 2.21. The molecule has 0 aliphatic heterocycles. The number of ether oxygens (including phenoxy) is 3. The number of benzene rings is 2. The molecule has 0 saturated heterocycles. The standard InChI is InChI=1S/C24H25BrClN3O5/c1-6-33-24(31)14(4)34-21-18(26)9-15(10-20(21)32-5)12-27-29-22(13(2)3)28-19-8-7-16(25)11-17(19)23(29)30/h7-14H,6H2,1-5H3/t14-/m0/s1. The number of methoxy groups -OCH3 is 1. The Hall–Kier alpha value is -2.91. The molecule has 3 rings (SSSR count). The van der Waals surface area contributed by atoms with Gasteiger partial charge < -0.3 is 14.2 Å². The van der Waals surface area contributed by atoms with E-state index in [0.717, 1.165) is 4.47 Å². The van der Waals surface area contributed by atoms with Crippen LogP contribution in [0.25, 0.3) is 10.9 Å². The van der Waals surface area contributed by atoms with E-state index in [-0.39, 0.29) is 28.9 Å². The molecule has 1 aromatic heterocycles. The van der Waals surface area contributed by atoms with Crippen LogP contribution >= 0.6 is 27.5 Å². The van der Waals surface area contributed by atoms with Gasteiger partial charge in [-0.2, -0.15) is 9.78 Å². The second kappa shape index (κ2) is 11.0. The van der Waals surface area contributed by atoms with Crippen LogP contribution in [0, 0.1) is 0 Å². The van der Waals surface area contributed by atoms with Gasteiger partial charge in [-0.05, 0) is 49.7 Å². The number of esters is 1. The summed E-state index contributed by atoms with van der Waals surface area (Å²) in [6.07, 6.45) is 0.618. The van der Waals surface area contributed by atoms with E-state index < -0.39 is 12.1 Å². The predicted molar refractivity (Wildman–Crippen MR) is 136 cm³/mol. The van der Waals surface area contributed by atoms with E-state index in [1.54, 1.807) is 38.1 Å². The SMILES string of the molecule is CCOC(=O)[C@H](C)Oc1c(Cl)cc(C=Nn2c(C(C)C)nc3ccc(Br)cc3c2=O)cc1OC. The summed E-state index contributed by atoms with van der Waals surface area (Å²) in [5.74, 6) is 0.483. The lowest BCUT2D eigenvalue weighted by Gasteiger charge is -2.17. The molecule has 1 heterocycles. The van der Waals surface area contributed by atoms with E-state index in [1.165, 1.54) is 18.0 Å². The Bertz CT molecular complexity index is 1310. The molecular formula is C24H25BrClN3O5. The summed E-state index contributed by atoms with van der Waals surface area (Å²) in [6.45, 7) is 7.40. The molecule has 0 aliphatic rings. The summed E-state index contributed by atoms with van der Waals surface area (Å²) < 4.78 is 18.1. The minimum Gasteiger partial charge on any atom is -0.493 e. The predicted octanol–water partition coefficient (Wildman–Crippen LogP) is 5.16. The lowest BCUT2D eigenvalue weighted by atomic mass is 10.2.